The number of hydrogen-bond acceptors (Lipinski definition) is 4. The Hall–Kier alpha value is -1.37. The predicted octanol–water partition coefficient (Wildman–Crippen LogP) is 3.86. The quantitative estimate of drug-likeness (QED) is 0.789. The van der Waals surface area contributed by atoms with Gasteiger partial charge in [-0.1, -0.05) is 12.1 Å². The van der Waals surface area contributed by atoms with Crippen LogP contribution in [0.5, 0.6) is 0 Å². The lowest BCUT2D eigenvalue weighted by Crippen LogP contribution is -2.32. The average Bonchev–Trinajstić information content (AvgIpc) is 2.35. The van der Waals surface area contributed by atoms with Gasteiger partial charge in [0.25, 0.3) is 0 Å². The first kappa shape index (κ1) is 19.7. The van der Waals surface area contributed by atoms with Gasteiger partial charge in [-0.15, -0.1) is 0 Å². The zero-order chi connectivity index (χ0) is 17.8. The number of anilines is 1. The first-order valence-electron chi connectivity index (χ1n) is 6.90. The number of para-hydroxylation sites is 1. The number of amides is 1. The summed E-state index contributed by atoms with van der Waals surface area (Å²) in [5.74, 6) is -2.16. The molecular formula is C14H19F3NO4P. The fraction of sp³-hybridized carbons (Fsp3) is 0.500. The van der Waals surface area contributed by atoms with Crippen LogP contribution in [0.4, 0.5) is 18.9 Å². The number of hydrogen-bond donors (Lipinski definition) is 1. The van der Waals surface area contributed by atoms with E-state index in [4.69, 9.17) is 9.05 Å². The van der Waals surface area contributed by atoms with Crippen molar-refractivity contribution in [2.75, 3.05) is 5.32 Å². The molecule has 5 nitrogen and oxygen atoms in total. The van der Waals surface area contributed by atoms with Crippen LogP contribution in [-0.2, 0) is 18.4 Å². The van der Waals surface area contributed by atoms with Gasteiger partial charge < -0.3 is 14.4 Å². The van der Waals surface area contributed by atoms with Crippen LogP contribution in [0.25, 0.3) is 0 Å². The maximum Gasteiger partial charge on any atom is 0.471 e. The Labute approximate surface area is 132 Å². The second-order valence-electron chi connectivity index (χ2n) is 5.27. The summed E-state index contributed by atoms with van der Waals surface area (Å²) in [4.78, 5) is 11.2. The fourth-order valence-corrected chi connectivity index (χ4v) is 3.79. The Morgan fingerprint density at radius 1 is 1.09 bits per heavy atom. The van der Waals surface area contributed by atoms with Gasteiger partial charge in [-0.05, 0) is 39.8 Å². The molecule has 0 radical (unpaired) electrons. The molecule has 1 rings (SSSR count). The van der Waals surface area contributed by atoms with Crippen molar-refractivity contribution in [3.05, 3.63) is 24.3 Å². The van der Waals surface area contributed by atoms with E-state index in [1.54, 1.807) is 33.0 Å². The normalized spacial score (nSPS) is 12.7. The van der Waals surface area contributed by atoms with Crippen molar-refractivity contribution in [2.24, 2.45) is 0 Å². The van der Waals surface area contributed by atoms with E-state index in [9.17, 15) is 22.5 Å². The second kappa shape index (κ2) is 7.47. The van der Waals surface area contributed by atoms with Gasteiger partial charge in [0.05, 0.1) is 23.2 Å². The molecule has 0 spiro atoms. The molecule has 130 valence electrons. The molecular weight excluding hydrogens is 334 g/mol. The summed E-state index contributed by atoms with van der Waals surface area (Å²) in [5.41, 5.74) is -0.264. The molecule has 0 aliphatic carbocycles. The summed E-state index contributed by atoms with van der Waals surface area (Å²) in [5, 5.41) is 1.58. The molecule has 9 heteroatoms. The van der Waals surface area contributed by atoms with Gasteiger partial charge in [0.15, 0.2) is 0 Å². The minimum Gasteiger partial charge on any atom is -0.317 e. The maximum absolute atomic E-state index is 13.0. The Balaban J connectivity index is 3.28. The zero-order valence-electron chi connectivity index (χ0n) is 13.2. The minimum absolute atomic E-state index is 0.125. The highest BCUT2D eigenvalue weighted by Gasteiger charge is 2.40. The summed E-state index contributed by atoms with van der Waals surface area (Å²) in [7, 11) is -3.91. The largest absolute Gasteiger partial charge is 0.471 e. The molecule has 0 aliphatic heterocycles. The Morgan fingerprint density at radius 2 is 1.57 bits per heavy atom. The van der Waals surface area contributed by atoms with E-state index in [0.717, 1.165) is 0 Å². The number of halogens is 3. The van der Waals surface area contributed by atoms with E-state index in [-0.39, 0.29) is 11.0 Å². The summed E-state index contributed by atoms with van der Waals surface area (Å²) in [6, 6.07) is 5.39. The maximum atomic E-state index is 13.0. The molecule has 0 aliphatic rings. The van der Waals surface area contributed by atoms with Crippen molar-refractivity contribution >= 4 is 24.5 Å². The van der Waals surface area contributed by atoms with Crippen LogP contribution in [0.2, 0.25) is 0 Å². The number of carbonyl (C=O) groups excluding carboxylic acids is 1. The molecule has 0 heterocycles. The van der Waals surface area contributed by atoms with E-state index >= 15 is 0 Å². The monoisotopic (exact) mass is 353 g/mol. The van der Waals surface area contributed by atoms with Crippen LogP contribution < -0.4 is 10.6 Å². The van der Waals surface area contributed by atoms with E-state index in [1.165, 1.54) is 24.3 Å². The van der Waals surface area contributed by atoms with Crippen LogP contribution in [0, 0.1) is 0 Å². The molecule has 0 saturated carbocycles. The smallest absolute Gasteiger partial charge is 0.317 e. The average molecular weight is 353 g/mol. The lowest BCUT2D eigenvalue weighted by Gasteiger charge is -2.25. The molecule has 0 saturated heterocycles. The number of carbonyl (C=O) groups is 1. The standard InChI is InChI=1S/C14H19F3NO4P/c1-9(2)21-23(20,22-10(3)4)12-8-6-5-7-11(12)18-13(19)14(15,16)17/h5-10H,1-4H3,(H,18,19). The SMILES string of the molecule is CC(C)OP(=O)(OC(C)C)c1ccccc1NC(=O)C(F)(F)F. The second-order valence-corrected chi connectivity index (χ2v) is 7.17. The highest BCUT2D eigenvalue weighted by Crippen LogP contribution is 2.51. The summed E-state index contributed by atoms with van der Waals surface area (Å²) < 4.78 is 61.0. The van der Waals surface area contributed by atoms with Crippen molar-refractivity contribution in [3.8, 4) is 0 Å². The zero-order valence-corrected chi connectivity index (χ0v) is 14.1. The fourth-order valence-electron chi connectivity index (χ4n) is 1.70. The third kappa shape index (κ3) is 5.64. The Bertz CT molecular complexity index is 588. The van der Waals surface area contributed by atoms with Gasteiger partial charge in [-0.25, -0.2) is 0 Å². The van der Waals surface area contributed by atoms with Gasteiger partial charge in [0.1, 0.15) is 0 Å². The van der Waals surface area contributed by atoms with Crippen molar-refractivity contribution in [1.29, 1.82) is 0 Å². The summed E-state index contributed by atoms with van der Waals surface area (Å²) >= 11 is 0. The molecule has 0 fully saturated rings. The molecule has 1 amide bonds. The predicted molar refractivity (Wildman–Crippen MR) is 80.8 cm³/mol. The lowest BCUT2D eigenvalue weighted by atomic mass is 10.3. The molecule has 1 aromatic carbocycles. The van der Waals surface area contributed by atoms with Crippen LogP contribution >= 0.6 is 7.60 Å². The highest BCUT2D eigenvalue weighted by atomic mass is 31.2. The molecule has 1 aromatic rings. The first-order chi connectivity index (χ1) is 10.5. The van der Waals surface area contributed by atoms with Gasteiger partial charge >= 0.3 is 19.7 Å². The third-order valence-corrected chi connectivity index (χ3v) is 4.78. The third-order valence-electron chi connectivity index (χ3n) is 2.40. The van der Waals surface area contributed by atoms with E-state index in [0.29, 0.717) is 0 Å². The van der Waals surface area contributed by atoms with Crippen LogP contribution in [0.15, 0.2) is 24.3 Å². The number of alkyl halides is 3. The minimum atomic E-state index is -5.06. The van der Waals surface area contributed by atoms with E-state index in [1.807, 2.05) is 0 Å². The number of benzene rings is 1. The summed E-state index contributed by atoms with van der Waals surface area (Å²) in [6.45, 7) is 6.47. The number of rotatable bonds is 6. The van der Waals surface area contributed by atoms with Crippen molar-refractivity contribution in [3.63, 3.8) is 0 Å². The molecule has 0 unspecified atom stereocenters. The van der Waals surface area contributed by atoms with Crippen molar-refractivity contribution < 1.29 is 31.6 Å². The van der Waals surface area contributed by atoms with Gasteiger partial charge in [0.2, 0.25) is 0 Å². The molecule has 0 atom stereocenters. The Morgan fingerprint density at radius 3 is 2.00 bits per heavy atom. The highest BCUT2D eigenvalue weighted by molar-refractivity contribution is 7.62. The lowest BCUT2D eigenvalue weighted by molar-refractivity contribution is -0.167. The van der Waals surface area contributed by atoms with E-state index in [2.05, 4.69) is 0 Å². The van der Waals surface area contributed by atoms with Gasteiger partial charge in [-0.2, -0.15) is 13.2 Å². The van der Waals surface area contributed by atoms with E-state index < -0.39 is 31.9 Å². The van der Waals surface area contributed by atoms with Crippen molar-refractivity contribution in [2.45, 2.75) is 46.1 Å². The van der Waals surface area contributed by atoms with Crippen LogP contribution in [-0.4, -0.2) is 24.3 Å². The summed E-state index contributed by atoms with van der Waals surface area (Å²) in [6.07, 6.45) is -6.05. The van der Waals surface area contributed by atoms with Crippen molar-refractivity contribution in [1.82, 2.24) is 0 Å². The first-order valence-corrected chi connectivity index (χ1v) is 8.44. The Kier molecular flexibility index (Phi) is 6.39. The van der Waals surface area contributed by atoms with Gasteiger partial charge in [-0.3, -0.25) is 9.36 Å². The molecule has 1 N–H and O–H groups in total. The van der Waals surface area contributed by atoms with Crippen LogP contribution in [0.3, 0.4) is 0 Å². The topological polar surface area (TPSA) is 64.6 Å². The molecule has 0 bridgehead atoms. The number of nitrogens with one attached hydrogen (secondary N) is 1. The molecule has 23 heavy (non-hydrogen) atoms. The molecule has 0 aromatic heterocycles. The van der Waals surface area contributed by atoms with Gasteiger partial charge in [0, 0.05) is 0 Å². The van der Waals surface area contributed by atoms with Crippen LogP contribution in [0.1, 0.15) is 27.7 Å².